The summed E-state index contributed by atoms with van der Waals surface area (Å²) in [6.07, 6.45) is 3.34. The van der Waals surface area contributed by atoms with Crippen molar-refractivity contribution < 1.29 is 43.8 Å². The molecular formula is C10H16ClF3N4O3S. The molecule has 0 saturated heterocycles. The van der Waals surface area contributed by atoms with Crippen molar-refractivity contribution in [1.29, 1.82) is 0 Å². The van der Waals surface area contributed by atoms with Crippen molar-refractivity contribution in [3.8, 4) is 0 Å². The summed E-state index contributed by atoms with van der Waals surface area (Å²) < 4.78 is 64.0. The summed E-state index contributed by atoms with van der Waals surface area (Å²) in [6.45, 7) is 0.625. The molecule has 1 aromatic heterocycles. The zero-order chi connectivity index (χ0) is 16.5. The molecule has 1 heterocycles. The van der Waals surface area contributed by atoms with Gasteiger partial charge in [-0.2, -0.15) is 13.2 Å². The van der Waals surface area contributed by atoms with Crippen molar-refractivity contribution in [2.45, 2.75) is 30.3 Å². The van der Waals surface area contributed by atoms with E-state index in [2.05, 4.69) is 5.16 Å². The highest BCUT2D eigenvalue weighted by molar-refractivity contribution is 7.93. The van der Waals surface area contributed by atoms with Gasteiger partial charge in [0.2, 0.25) is 0 Å². The molecule has 0 bridgehead atoms. The third-order valence-corrected chi connectivity index (χ3v) is 5.27. The fraction of sp³-hybridized carbons (Fsp3) is 0.600. The molecule has 1 atom stereocenters. The van der Waals surface area contributed by atoms with Crippen LogP contribution in [0.15, 0.2) is 17.5 Å². The topological polar surface area (TPSA) is 102 Å². The lowest BCUT2D eigenvalue weighted by Crippen LogP contribution is -3.00. The number of nitrogens with zero attached hydrogens (tertiary/aromatic N) is 3. The van der Waals surface area contributed by atoms with Gasteiger partial charge in [0.15, 0.2) is 11.1 Å². The van der Waals surface area contributed by atoms with Crippen LogP contribution in [0.2, 0.25) is 0 Å². The average molecular weight is 365 g/mol. The maximum Gasteiger partial charge on any atom is 0.499 e. The number of aromatic nitrogens is 2. The van der Waals surface area contributed by atoms with Crippen molar-refractivity contribution in [2.24, 2.45) is 17.9 Å². The normalized spacial score (nSPS) is 15.5. The molecule has 3 N–H and O–H groups in total. The molecule has 0 amide bonds. The Bertz CT molecular complexity index is 644. The molecule has 1 rings (SSSR count). The molecule has 0 radical (unpaired) electrons. The number of aryl methyl sites for hydroxylation is 1. The van der Waals surface area contributed by atoms with E-state index in [0.29, 0.717) is 0 Å². The molecule has 12 heteroatoms. The molecule has 128 valence electrons. The van der Waals surface area contributed by atoms with E-state index >= 15 is 0 Å². The zero-order valence-corrected chi connectivity index (χ0v) is 13.3. The Balaban J connectivity index is 0.00000441. The minimum absolute atomic E-state index is 0. The van der Waals surface area contributed by atoms with Gasteiger partial charge in [-0.25, -0.2) is 17.6 Å². The van der Waals surface area contributed by atoms with Crippen LogP contribution in [0.5, 0.6) is 0 Å². The van der Waals surface area contributed by atoms with Gasteiger partial charge in [-0.1, -0.05) is 12.1 Å². The molecule has 0 saturated carbocycles. The number of hydrogen-bond donors (Lipinski definition) is 2. The number of nitrogens with two attached hydrogens (primary N) is 1. The van der Waals surface area contributed by atoms with E-state index < -0.39 is 33.2 Å². The van der Waals surface area contributed by atoms with E-state index in [1.165, 1.54) is 28.5 Å². The van der Waals surface area contributed by atoms with Crippen molar-refractivity contribution in [1.82, 2.24) is 4.57 Å². The predicted molar refractivity (Wildman–Crippen MR) is 67.2 cm³/mol. The maximum atomic E-state index is 12.7. The first-order valence-electron chi connectivity index (χ1n) is 5.82. The van der Waals surface area contributed by atoms with Gasteiger partial charge in [-0.15, -0.1) is 0 Å². The Kier molecular flexibility index (Phi) is 6.42. The first-order chi connectivity index (χ1) is 9.50. The van der Waals surface area contributed by atoms with E-state index in [4.69, 9.17) is 10.9 Å². The van der Waals surface area contributed by atoms with Crippen LogP contribution in [-0.4, -0.2) is 34.8 Å². The summed E-state index contributed by atoms with van der Waals surface area (Å²) in [5, 5.41) is 11.3. The zero-order valence-electron chi connectivity index (χ0n) is 11.7. The second-order valence-corrected chi connectivity index (χ2v) is 6.79. The Morgan fingerprint density at radius 2 is 2.05 bits per heavy atom. The van der Waals surface area contributed by atoms with Crippen LogP contribution >= 0.6 is 0 Å². The second kappa shape index (κ2) is 6.84. The Labute approximate surface area is 131 Å². The van der Waals surface area contributed by atoms with Crippen LogP contribution in [0.4, 0.5) is 13.2 Å². The van der Waals surface area contributed by atoms with Gasteiger partial charge in [-0.05, 0) is 6.42 Å². The lowest BCUT2D eigenvalue weighted by Gasteiger charge is -2.27. The molecule has 0 fully saturated rings. The summed E-state index contributed by atoms with van der Waals surface area (Å²) in [4.78, 5) is -2.52. The van der Waals surface area contributed by atoms with Gasteiger partial charge in [0.05, 0.1) is 7.05 Å². The van der Waals surface area contributed by atoms with Crippen LogP contribution in [-0.2, 0) is 23.4 Å². The first-order valence-corrected chi connectivity index (χ1v) is 7.30. The van der Waals surface area contributed by atoms with Crippen LogP contribution in [0.3, 0.4) is 0 Å². The Hall–Kier alpha value is -1.33. The largest absolute Gasteiger partial charge is 1.00 e. The molecule has 7 nitrogen and oxygen atoms in total. The minimum atomic E-state index is -5.57. The van der Waals surface area contributed by atoms with Crippen LogP contribution in [0.1, 0.15) is 19.2 Å². The molecule has 0 aliphatic heterocycles. The van der Waals surface area contributed by atoms with Gasteiger partial charge >= 0.3 is 11.3 Å². The number of oxime groups is 1. The predicted octanol–water partition coefficient (Wildman–Crippen LogP) is -2.88. The fourth-order valence-corrected chi connectivity index (χ4v) is 2.94. The third-order valence-electron chi connectivity index (χ3n) is 3.18. The number of rotatable bonds is 5. The lowest BCUT2D eigenvalue weighted by molar-refractivity contribution is -0.671. The SMILES string of the molecule is CCC(N)(Cn1cc[n+](C)c1C=NO)S(=O)(=O)C(F)(F)F.[Cl-]. The quantitative estimate of drug-likeness (QED) is 0.254. The van der Waals surface area contributed by atoms with Crippen LogP contribution in [0, 0.1) is 0 Å². The number of hydrogen-bond acceptors (Lipinski definition) is 5. The van der Waals surface area contributed by atoms with Crippen molar-refractivity contribution in [3.63, 3.8) is 0 Å². The molecule has 1 unspecified atom stereocenters. The first kappa shape index (κ1) is 20.7. The van der Waals surface area contributed by atoms with E-state index in [-0.39, 0.29) is 18.2 Å². The van der Waals surface area contributed by atoms with Crippen LogP contribution in [0.25, 0.3) is 0 Å². The molecule has 0 aliphatic rings. The molecule has 0 aliphatic carbocycles. The van der Waals surface area contributed by atoms with Gasteiger partial charge in [-0.3, -0.25) is 0 Å². The van der Waals surface area contributed by atoms with Gasteiger partial charge < -0.3 is 23.3 Å². The van der Waals surface area contributed by atoms with Crippen molar-refractivity contribution in [3.05, 3.63) is 18.2 Å². The number of imidazole rings is 1. The average Bonchev–Trinajstić information content (AvgIpc) is 2.70. The fourth-order valence-electron chi connectivity index (χ4n) is 1.79. The highest BCUT2D eigenvalue weighted by Gasteiger charge is 2.58. The summed E-state index contributed by atoms with van der Waals surface area (Å²) in [5.41, 5.74) is 0.0764. The minimum Gasteiger partial charge on any atom is -1.00 e. The third kappa shape index (κ3) is 3.52. The van der Waals surface area contributed by atoms with Gasteiger partial charge in [0.25, 0.3) is 9.84 Å². The summed E-state index contributed by atoms with van der Waals surface area (Å²) >= 11 is 0. The summed E-state index contributed by atoms with van der Waals surface area (Å²) in [6, 6.07) is 0. The monoisotopic (exact) mass is 364 g/mol. The summed E-state index contributed by atoms with van der Waals surface area (Å²) in [5.74, 6) is 0.193. The Morgan fingerprint density at radius 1 is 1.50 bits per heavy atom. The van der Waals surface area contributed by atoms with E-state index in [1.807, 2.05) is 0 Å². The van der Waals surface area contributed by atoms with E-state index in [9.17, 15) is 21.6 Å². The molecule has 0 aromatic carbocycles. The highest BCUT2D eigenvalue weighted by atomic mass is 35.5. The molecule has 0 spiro atoms. The van der Waals surface area contributed by atoms with Crippen LogP contribution < -0.4 is 22.7 Å². The van der Waals surface area contributed by atoms with Crippen molar-refractivity contribution in [2.75, 3.05) is 0 Å². The number of alkyl halides is 3. The molecular weight excluding hydrogens is 349 g/mol. The van der Waals surface area contributed by atoms with Crippen molar-refractivity contribution >= 4 is 16.1 Å². The molecule has 1 aromatic rings. The smallest absolute Gasteiger partial charge is 0.499 e. The van der Waals surface area contributed by atoms with Gasteiger partial charge in [0, 0.05) is 0 Å². The van der Waals surface area contributed by atoms with Gasteiger partial charge in [0.1, 0.15) is 18.9 Å². The standard InChI is InChI=1S/C10H15F3N4O3S.ClH/c1-3-9(14,21(19,20)10(11,12)13)7-17-5-4-16(2)8(17)6-15-18;/h4-6H,3,7,14H2,1-2H3;1H. The highest BCUT2D eigenvalue weighted by Crippen LogP contribution is 2.33. The van der Waals surface area contributed by atoms with E-state index in [1.54, 1.807) is 7.05 Å². The number of sulfone groups is 1. The van der Waals surface area contributed by atoms with E-state index in [0.717, 1.165) is 6.21 Å². The summed E-state index contributed by atoms with van der Waals surface area (Å²) in [7, 11) is -4.02. The maximum absolute atomic E-state index is 12.7. The lowest BCUT2D eigenvalue weighted by atomic mass is 10.2. The molecule has 22 heavy (non-hydrogen) atoms. The number of halogens is 4. The Morgan fingerprint density at radius 3 is 2.45 bits per heavy atom. The second-order valence-electron chi connectivity index (χ2n) is 4.51.